The van der Waals surface area contributed by atoms with Gasteiger partial charge in [-0.25, -0.2) is 0 Å². The van der Waals surface area contributed by atoms with Crippen LogP contribution in [0.25, 0.3) is 0 Å². The fourth-order valence-electron chi connectivity index (χ4n) is 1.96. The van der Waals surface area contributed by atoms with E-state index in [1.807, 2.05) is 32.9 Å². The van der Waals surface area contributed by atoms with E-state index in [9.17, 15) is 9.59 Å². The molecule has 3 N–H and O–H groups in total. The largest absolute Gasteiger partial charge is 0.346 e. The summed E-state index contributed by atoms with van der Waals surface area (Å²) < 4.78 is 0. The van der Waals surface area contributed by atoms with Crippen LogP contribution >= 0.6 is 0 Å². The zero-order valence-corrected chi connectivity index (χ0v) is 11.9. The Labute approximate surface area is 113 Å². The summed E-state index contributed by atoms with van der Waals surface area (Å²) in [5, 5.41) is 8.09. The van der Waals surface area contributed by atoms with Crippen LogP contribution in [0.5, 0.6) is 0 Å². The Bertz CT molecular complexity index is 461. The number of likely N-dealkylation sites (N-methyl/N-ethyl adjacent to an activating group) is 1. The number of anilines is 1. The van der Waals surface area contributed by atoms with Crippen molar-refractivity contribution in [3.63, 3.8) is 0 Å². The van der Waals surface area contributed by atoms with Gasteiger partial charge in [0, 0.05) is 5.69 Å². The molecule has 0 aromatic heterocycles. The molecule has 0 saturated carbocycles. The highest BCUT2D eigenvalue weighted by molar-refractivity contribution is 5.96. The minimum atomic E-state index is -0.223. The quantitative estimate of drug-likeness (QED) is 0.739. The van der Waals surface area contributed by atoms with Crippen LogP contribution in [-0.4, -0.2) is 32.0 Å². The molecule has 104 valence electrons. The van der Waals surface area contributed by atoms with Crippen molar-refractivity contribution >= 4 is 17.5 Å². The van der Waals surface area contributed by atoms with Crippen molar-refractivity contribution in [1.82, 2.24) is 10.6 Å². The second-order valence-electron chi connectivity index (χ2n) is 4.63. The van der Waals surface area contributed by atoms with Crippen molar-refractivity contribution in [2.24, 2.45) is 0 Å². The number of carbonyl (C=O) groups is 2. The van der Waals surface area contributed by atoms with E-state index >= 15 is 0 Å². The smallest absolute Gasteiger partial charge is 0.243 e. The van der Waals surface area contributed by atoms with Crippen LogP contribution in [0.4, 0.5) is 5.69 Å². The molecule has 1 rings (SSSR count). The van der Waals surface area contributed by atoms with Gasteiger partial charge in [0.25, 0.3) is 0 Å². The summed E-state index contributed by atoms with van der Waals surface area (Å²) in [4.78, 5) is 23.0. The van der Waals surface area contributed by atoms with Gasteiger partial charge < -0.3 is 16.0 Å². The van der Waals surface area contributed by atoms with E-state index in [1.54, 1.807) is 7.05 Å². The topological polar surface area (TPSA) is 70.2 Å². The highest BCUT2D eigenvalue weighted by Crippen LogP contribution is 2.21. The van der Waals surface area contributed by atoms with Gasteiger partial charge in [-0.05, 0) is 38.9 Å². The summed E-state index contributed by atoms with van der Waals surface area (Å²) >= 11 is 0. The van der Waals surface area contributed by atoms with Crippen LogP contribution in [0.15, 0.2) is 12.1 Å². The zero-order valence-electron chi connectivity index (χ0n) is 11.9. The van der Waals surface area contributed by atoms with E-state index in [0.717, 1.165) is 22.4 Å². The molecular weight excluding hydrogens is 242 g/mol. The Kier molecular flexibility index (Phi) is 5.51. The van der Waals surface area contributed by atoms with E-state index in [0.29, 0.717) is 0 Å². The van der Waals surface area contributed by atoms with Crippen molar-refractivity contribution in [3.8, 4) is 0 Å². The Balaban J connectivity index is 2.60. The molecule has 0 aliphatic rings. The summed E-state index contributed by atoms with van der Waals surface area (Å²) in [5.41, 5.74) is 4.02. The van der Waals surface area contributed by atoms with E-state index in [1.165, 1.54) is 0 Å². The molecule has 0 heterocycles. The average Bonchev–Trinajstić information content (AvgIpc) is 2.31. The maximum absolute atomic E-state index is 11.8. The standard InChI is InChI=1S/C14H21N3O2/c1-9-5-10(2)14(11(3)6-9)17-13(19)8-16-12(18)7-15-4/h5-6,15H,7-8H2,1-4H3,(H,16,18)(H,17,19). The molecule has 5 heteroatoms. The van der Waals surface area contributed by atoms with Gasteiger partial charge in [0.15, 0.2) is 0 Å². The summed E-state index contributed by atoms with van der Waals surface area (Å²) in [5.74, 6) is -0.422. The maximum atomic E-state index is 11.8. The third kappa shape index (κ3) is 4.71. The summed E-state index contributed by atoms with van der Waals surface area (Å²) in [6.07, 6.45) is 0. The van der Waals surface area contributed by atoms with Crippen molar-refractivity contribution in [2.75, 3.05) is 25.5 Å². The van der Waals surface area contributed by atoms with Crippen LogP contribution < -0.4 is 16.0 Å². The Hall–Kier alpha value is -1.88. The molecular formula is C14H21N3O2. The van der Waals surface area contributed by atoms with Gasteiger partial charge in [-0.3, -0.25) is 9.59 Å². The molecule has 0 spiro atoms. The first-order valence-corrected chi connectivity index (χ1v) is 6.23. The van der Waals surface area contributed by atoms with Crippen molar-refractivity contribution in [2.45, 2.75) is 20.8 Å². The molecule has 0 aliphatic heterocycles. The minimum absolute atomic E-state index is 0.0206. The number of hydrogen-bond acceptors (Lipinski definition) is 3. The minimum Gasteiger partial charge on any atom is -0.346 e. The van der Waals surface area contributed by atoms with Crippen molar-refractivity contribution < 1.29 is 9.59 Å². The van der Waals surface area contributed by atoms with Crippen LogP contribution in [0.2, 0.25) is 0 Å². The van der Waals surface area contributed by atoms with Crippen LogP contribution in [-0.2, 0) is 9.59 Å². The normalized spacial score (nSPS) is 10.1. The highest BCUT2D eigenvalue weighted by atomic mass is 16.2. The monoisotopic (exact) mass is 263 g/mol. The third-order valence-corrected chi connectivity index (χ3v) is 2.72. The number of rotatable bonds is 5. The molecule has 19 heavy (non-hydrogen) atoms. The summed E-state index contributed by atoms with van der Waals surface area (Å²) in [7, 11) is 1.68. The van der Waals surface area contributed by atoms with E-state index in [4.69, 9.17) is 0 Å². The fourth-order valence-corrected chi connectivity index (χ4v) is 1.96. The molecule has 0 fully saturated rings. The first-order valence-electron chi connectivity index (χ1n) is 6.23. The second-order valence-corrected chi connectivity index (χ2v) is 4.63. The summed E-state index contributed by atoms with van der Waals surface area (Å²) in [6, 6.07) is 4.03. The van der Waals surface area contributed by atoms with Crippen molar-refractivity contribution in [1.29, 1.82) is 0 Å². The highest BCUT2D eigenvalue weighted by Gasteiger charge is 2.09. The van der Waals surface area contributed by atoms with Gasteiger partial charge in [-0.2, -0.15) is 0 Å². The van der Waals surface area contributed by atoms with E-state index < -0.39 is 0 Å². The van der Waals surface area contributed by atoms with Gasteiger partial charge in [0.2, 0.25) is 11.8 Å². The van der Waals surface area contributed by atoms with Crippen LogP contribution in [0.1, 0.15) is 16.7 Å². The fraction of sp³-hybridized carbons (Fsp3) is 0.429. The maximum Gasteiger partial charge on any atom is 0.243 e. The van der Waals surface area contributed by atoms with E-state index in [2.05, 4.69) is 16.0 Å². The number of hydrogen-bond donors (Lipinski definition) is 3. The molecule has 0 unspecified atom stereocenters. The Morgan fingerprint density at radius 3 is 2.11 bits per heavy atom. The predicted octanol–water partition coefficient (Wildman–Crippen LogP) is 0.886. The van der Waals surface area contributed by atoms with Crippen LogP contribution in [0, 0.1) is 20.8 Å². The van der Waals surface area contributed by atoms with Gasteiger partial charge in [-0.15, -0.1) is 0 Å². The lowest BCUT2D eigenvalue weighted by atomic mass is 10.1. The first kappa shape index (κ1) is 15.2. The lowest BCUT2D eigenvalue weighted by molar-refractivity contribution is -0.123. The van der Waals surface area contributed by atoms with Gasteiger partial charge in [0.05, 0.1) is 13.1 Å². The number of carbonyl (C=O) groups excluding carboxylic acids is 2. The number of nitrogens with one attached hydrogen (secondary N) is 3. The van der Waals surface area contributed by atoms with Gasteiger partial charge >= 0.3 is 0 Å². The lowest BCUT2D eigenvalue weighted by Crippen LogP contribution is -2.37. The molecule has 1 aromatic rings. The third-order valence-electron chi connectivity index (χ3n) is 2.72. The molecule has 2 amide bonds. The molecule has 1 aromatic carbocycles. The average molecular weight is 263 g/mol. The predicted molar refractivity (Wildman–Crippen MR) is 76.2 cm³/mol. The molecule has 0 radical (unpaired) electrons. The SMILES string of the molecule is CNCC(=O)NCC(=O)Nc1c(C)cc(C)cc1C. The second kappa shape index (κ2) is 6.89. The zero-order chi connectivity index (χ0) is 14.4. The molecule has 5 nitrogen and oxygen atoms in total. The molecule has 0 bridgehead atoms. The number of amides is 2. The van der Waals surface area contributed by atoms with E-state index in [-0.39, 0.29) is 24.9 Å². The number of aryl methyl sites for hydroxylation is 3. The Morgan fingerprint density at radius 1 is 1.00 bits per heavy atom. The number of benzene rings is 1. The van der Waals surface area contributed by atoms with Crippen LogP contribution in [0.3, 0.4) is 0 Å². The van der Waals surface area contributed by atoms with Gasteiger partial charge in [-0.1, -0.05) is 17.7 Å². The molecule has 0 atom stereocenters. The van der Waals surface area contributed by atoms with Gasteiger partial charge in [0.1, 0.15) is 0 Å². The summed E-state index contributed by atoms with van der Waals surface area (Å²) in [6.45, 7) is 6.11. The Morgan fingerprint density at radius 2 is 1.58 bits per heavy atom. The van der Waals surface area contributed by atoms with Crippen molar-refractivity contribution in [3.05, 3.63) is 28.8 Å². The lowest BCUT2D eigenvalue weighted by Gasteiger charge is -2.13. The molecule has 0 saturated heterocycles. The first-order chi connectivity index (χ1) is 8.93. The molecule has 0 aliphatic carbocycles.